The van der Waals surface area contributed by atoms with Gasteiger partial charge in [0.25, 0.3) is 5.91 Å². The summed E-state index contributed by atoms with van der Waals surface area (Å²) in [5.41, 5.74) is 1.58. The molecule has 0 bridgehead atoms. The maximum Gasteiger partial charge on any atom is 0.331 e. The highest BCUT2D eigenvalue weighted by molar-refractivity contribution is 6.05. The van der Waals surface area contributed by atoms with Crippen molar-refractivity contribution in [3.8, 4) is 5.69 Å². The van der Waals surface area contributed by atoms with Gasteiger partial charge in [0.15, 0.2) is 5.54 Å². The van der Waals surface area contributed by atoms with Crippen molar-refractivity contribution in [2.75, 3.05) is 5.32 Å². The lowest BCUT2D eigenvalue weighted by molar-refractivity contribution is -0.146. The third kappa shape index (κ3) is 3.17. The van der Waals surface area contributed by atoms with E-state index in [2.05, 4.69) is 15.5 Å². The van der Waals surface area contributed by atoms with Gasteiger partial charge >= 0.3 is 5.97 Å². The van der Waals surface area contributed by atoms with E-state index in [-0.39, 0.29) is 5.91 Å². The van der Waals surface area contributed by atoms with Gasteiger partial charge < -0.3 is 10.4 Å². The molecule has 0 atom stereocenters. The van der Waals surface area contributed by atoms with Crippen LogP contribution in [0.2, 0.25) is 0 Å². The molecular weight excluding hydrogens is 358 g/mol. The average molecular weight is 379 g/mol. The third-order valence-corrected chi connectivity index (χ3v) is 4.95. The number of hydrogen-bond acceptors (Lipinski definition) is 4. The Morgan fingerprint density at radius 3 is 2.50 bits per heavy atom. The summed E-state index contributed by atoms with van der Waals surface area (Å²) in [6.07, 6.45) is 6.61. The van der Waals surface area contributed by atoms with Gasteiger partial charge in [0.2, 0.25) is 0 Å². The van der Waals surface area contributed by atoms with Crippen LogP contribution in [0.15, 0.2) is 48.9 Å². The standard InChI is InChI=1S/C20H21N5O3/c1-20(2,19(27)28)24-12-14(10-21-24)23-18(26)16-11-22-25(17(16)13-8-9-13)15-6-4-3-5-7-15/h3-7,10-13H,8-9H2,1-2H3,(H,23,26)(H,27,28). The molecular formula is C20H21N5O3. The molecule has 0 aliphatic heterocycles. The average Bonchev–Trinajstić information content (AvgIpc) is 3.23. The smallest absolute Gasteiger partial charge is 0.331 e. The maximum absolute atomic E-state index is 12.9. The molecule has 1 fully saturated rings. The van der Waals surface area contributed by atoms with Crippen molar-refractivity contribution < 1.29 is 14.7 Å². The molecule has 1 aliphatic carbocycles. The zero-order valence-corrected chi connectivity index (χ0v) is 15.7. The van der Waals surface area contributed by atoms with Crippen LogP contribution in [-0.2, 0) is 10.3 Å². The Hall–Kier alpha value is -3.42. The molecule has 4 rings (SSSR count). The van der Waals surface area contributed by atoms with Crippen LogP contribution in [0.5, 0.6) is 0 Å². The summed E-state index contributed by atoms with van der Waals surface area (Å²) in [4.78, 5) is 24.3. The van der Waals surface area contributed by atoms with Crippen LogP contribution in [0, 0.1) is 0 Å². The van der Waals surface area contributed by atoms with E-state index in [0.717, 1.165) is 24.2 Å². The van der Waals surface area contributed by atoms with Crippen LogP contribution in [0.1, 0.15) is 48.7 Å². The summed E-state index contributed by atoms with van der Waals surface area (Å²) in [5, 5.41) is 20.6. The van der Waals surface area contributed by atoms with Crippen LogP contribution < -0.4 is 5.32 Å². The highest BCUT2D eigenvalue weighted by Gasteiger charge is 2.33. The van der Waals surface area contributed by atoms with Gasteiger partial charge in [-0.2, -0.15) is 10.2 Å². The summed E-state index contributed by atoms with van der Waals surface area (Å²) in [5.74, 6) is -0.970. The van der Waals surface area contributed by atoms with Gasteiger partial charge in [-0.25, -0.2) is 9.48 Å². The first-order valence-electron chi connectivity index (χ1n) is 9.11. The predicted octanol–water partition coefficient (Wildman–Crippen LogP) is 3.02. The molecule has 28 heavy (non-hydrogen) atoms. The molecule has 1 amide bonds. The topological polar surface area (TPSA) is 102 Å². The molecule has 2 heterocycles. The van der Waals surface area contributed by atoms with Crippen molar-refractivity contribution in [1.29, 1.82) is 0 Å². The minimum atomic E-state index is -1.21. The van der Waals surface area contributed by atoms with E-state index < -0.39 is 11.5 Å². The van der Waals surface area contributed by atoms with E-state index in [9.17, 15) is 14.7 Å². The number of nitrogens with one attached hydrogen (secondary N) is 1. The fraction of sp³-hybridized carbons (Fsp3) is 0.300. The highest BCUT2D eigenvalue weighted by Crippen LogP contribution is 2.42. The van der Waals surface area contributed by atoms with Crippen molar-refractivity contribution in [2.24, 2.45) is 0 Å². The fourth-order valence-corrected chi connectivity index (χ4v) is 3.05. The predicted molar refractivity (Wildman–Crippen MR) is 103 cm³/mol. The number of para-hydroxylation sites is 1. The second kappa shape index (κ2) is 6.63. The molecule has 0 unspecified atom stereocenters. The largest absolute Gasteiger partial charge is 0.479 e. The number of carbonyl (C=O) groups excluding carboxylic acids is 1. The minimum absolute atomic E-state index is 0.281. The number of nitrogens with zero attached hydrogens (tertiary/aromatic N) is 4. The van der Waals surface area contributed by atoms with Crippen LogP contribution in [0.25, 0.3) is 5.69 Å². The van der Waals surface area contributed by atoms with Crippen molar-refractivity contribution in [3.05, 3.63) is 60.2 Å². The first-order chi connectivity index (χ1) is 13.4. The van der Waals surface area contributed by atoms with E-state index in [1.165, 1.54) is 17.1 Å². The molecule has 3 aromatic rings. The van der Waals surface area contributed by atoms with Gasteiger partial charge in [0, 0.05) is 12.1 Å². The van der Waals surface area contributed by atoms with Crippen LogP contribution in [0.4, 0.5) is 5.69 Å². The van der Waals surface area contributed by atoms with Crippen molar-refractivity contribution in [3.63, 3.8) is 0 Å². The number of benzene rings is 1. The molecule has 144 valence electrons. The lowest BCUT2D eigenvalue weighted by Gasteiger charge is -2.19. The summed E-state index contributed by atoms with van der Waals surface area (Å²) in [6, 6.07) is 9.73. The first kappa shape index (κ1) is 18.0. The quantitative estimate of drug-likeness (QED) is 0.685. The maximum atomic E-state index is 12.9. The first-order valence-corrected chi connectivity index (χ1v) is 9.11. The Labute approximate surface area is 161 Å². The molecule has 1 saturated carbocycles. The van der Waals surface area contributed by atoms with Crippen molar-refractivity contribution in [2.45, 2.75) is 38.1 Å². The van der Waals surface area contributed by atoms with Crippen molar-refractivity contribution >= 4 is 17.6 Å². The van der Waals surface area contributed by atoms with Crippen molar-refractivity contribution in [1.82, 2.24) is 19.6 Å². The number of aliphatic carboxylic acids is 1. The number of amides is 1. The van der Waals surface area contributed by atoms with Gasteiger partial charge in [0.05, 0.1) is 35.0 Å². The van der Waals surface area contributed by atoms with E-state index in [4.69, 9.17) is 0 Å². The van der Waals surface area contributed by atoms with Gasteiger partial charge in [-0.15, -0.1) is 0 Å². The van der Waals surface area contributed by atoms with E-state index >= 15 is 0 Å². The normalized spacial score (nSPS) is 14.1. The van der Waals surface area contributed by atoms with E-state index in [1.807, 2.05) is 35.0 Å². The molecule has 1 aromatic carbocycles. The Balaban J connectivity index is 1.61. The molecule has 8 heteroatoms. The van der Waals surface area contributed by atoms with Crippen LogP contribution in [0.3, 0.4) is 0 Å². The number of anilines is 1. The SMILES string of the molecule is CC(C)(C(=O)O)n1cc(NC(=O)c2cnn(-c3ccccc3)c2C2CC2)cn1. The lowest BCUT2D eigenvalue weighted by atomic mass is 10.1. The Morgan fingerprint density at radius 1 is 1.14 bits per heavy atom. The summed E-state index contributed by atoms with van der Waals surface area (Å²) >= 11 is 0. The number of carboxylic acids is 1. The Morgan fingerprint density at radius 2 is 1.86 bits per heavy atom. The zero-order chi connectivity index (χ0) is 19.9. The van der Waals surface area contributed by atoms with E-state index in [0.29, 0.717) is 17.2 Å². The number of hydrogen-bond donors (Lipinski definition) is 2. The zero-order valence-electron chi connectivity index (χ0n) is 15.7. The summed E-state index contributed by atoms with van der Waals surface area (Å²) in [7, 11) is 0. The molecule has 0 radical (unpaired) electrons. The summed E-state index contributed by atoms with van der Waals surface area (Å²) < 4.78 is 3.14. The van der Waals surface area contributed by atoms with Gasteiger partial charge in [0.1, 0.15) is 0 Å². The minimum Gasteiger partial charge on any atom is -0.479 e. The highest BCUT2D eigenvalue weighted by atomic mass is 16.4. The Kier molecular flexibility index (Phi) is 4.26. The number of carboxylic acid groups (broad SMARTS) is 1. The number of aromatic nitrogens is 4. The number of rotatable bonds is 6. The summed E-state index contributed by atoms with van der Waals surface area (Å²) in [6.45, 7) is 3.09. The van der Waals surface area contributed by atoms with Gasteiger partial charge in [-0.05, 0) is 38.8 Å². The second-order valence-electron chi connectivity index (χ2n) is 7.46. The second-order valence-corrected chi connectivity index (χ2v) is 7.46. The van der Waals surface area contributed by atoms with Gasteiger partial charge in [-0.3, -0.25) is 9.48 Å². The lowest BCUT2D eigenvalue weighted by Crippen LogP contribution is -2.35. The van der Waals surface area contributed by atoms with Crippen LogP contribution >= 0.6 is 0 Å². The van der Waals surface area contributed by atoms with Gasteiger partial charge in [-0.1, -0.05) is 18.2 Å². The molecule has 0 spiro atoms. The molecule has 2 N–H and O–H groups in total. The molecule has 8 nitrogen and oxygen atoms in total. The Bertz CT molecular complexity index is 1030. The monoisotopic (exact) mass is 379 g/mol. The number of carbonyl (C=O) groups is 2. The van der Waals surface area contributed by atoms with Crippen LogP contribution in [-0.4, -0.2) is 36.5 Å². The molecule has 1 aliphatic rings. The molecule has 2 aromatic heterocycles. The van der Waals surface area contributed by atoms with E-state index in [1.54, 1.807) is 20.0 Å². The molecule has 0 saturated heterocycles. The fourth-order valence-electron chi connectivity index (χ4n) is 3.05. The third-order valence-electron chi connectivity index (χ3n) is 4.95.